The number of nitrogens with zero attached hydrogens (tertiary/aromatic N) is 1. The predicted octanol–water partition coefficient (Wildman–Crippen LogP) is 2.06. The van der Waals surface area contributed by atoms with E-state index >= 15 is 0 Å². The van der Waals surface area contributed by atoms with Crippen LogP contribution in [0.4, 0.5) is 5.69 Å². The lowest BCUT2D eigenvalue weighted by molar-refractivity contribution is -0.385. The van der Waals surface area contributed by atoms with Gasteiger partial charge < -0.3 is 9.47 Å². The Bertz CT molecular complexity index is 540. The fraction of sp³-hybridized carbons (Fsp3) is 0.429. The van der Waals surface area contributed by atoms with E-state index in [2.05, 4.69) is 4.74 Å². The molecule has 0 atom stereocenters. The summed E-state index contributed by atoms with van der Waals surface area (Å²) in [5.41, 5.74) is 0.262. The minimum absolute atomic E-state index is 0.0634. The third kappa shape index (κ3) is 5.21. The van der Waals surface area contributed by atoms with E-state index in [0.717, 1.165) is 0 Å². The van der Waals surface area contributed by atoms with Crippen LogP contribution in [0.3, 0.4) is 0 Å². The molecule has 0 heterocycles. The number of ether oxygens (including phenoxy) is 2. The van der Waals surface area contributed by atoms with Crippen LogP contribution in [-0.4, -0.2) is 29.9 Å². The summed E-state index contributed by atoms with van der Waals surface area (Å²) in [6.07, 6.45) is -0.402. The maximum atomic E-state index is 11.7. The van der Waals surface area contributed by atoms with Crippen LogP contribution in [-0.2, 0) is 20.7 Å². The number of nitro groups is 1. The fourth-order valence-corrected chi connectivity index (χ4v) is 1.76. The third-order valence-corrected chi connectivity index (χ3v) is 2.57. The van der Waals surface area contributed by atoms with Crippen molar-refractivity contribution in [1.82, 2.24) is 0 Å². The van der Waals surface area contributed by atoms with Gasteiger partial charge in [0.1, 0.15) is 12.2 Å². The summed E-state index contributed by atoms with van der Waals surface area (Å²) in [5, 5.41) is 11.0. The van der Waals surface area contributed by atoms with Gasteiger partial charge in [0.15, 0.2) is 5.75 Å². The predicted molar refractivity (Wildman–Crippen MR) is 74.2 cm³/mol. The highest BCUT2D eigenvalue weighted by molar-refractivity contribution is 5.96. The van der Waals surface area contributed by atoms with Gasteiger partial charge in [-0.05, 0) is 25.5 Å². The molecule has 7 nitrogen and oxygen atoms in total. The van der Waals surface area contributed by atoms with Crippen molar-refractivity contribution < 1.29 is 24.0 Å². The Hall–Kier alpha value is -2.44. The van der Waals surface area contributed by atoms with Crippen LogP contribution < -0.4 is 4.74 Å². The van der Waals surface area contributed by atoms with Crippen molar-refractivity contribution in [2.75, 3.05) is 13.2 Å². The highest BCUT2D eigenvalue weighted by Crippen LogP contribution is 2.28. The number of carbonyl (C=O) groups excluding carboxylic acids is 2. The molecule has 0 radical (unpaired) electrons. The molecule has 0 saturated heterocycles. The Kier molecular flexibility index (Phi) is 6.32. The zero-order chi connectivity index (χ0) is 15.8. The Morgan fingerprint density at radius 2 is 1.95 bits per heavy atom. The van der Waals surface area contributed by atoms with E-state index < -0.39 is 10.9 Å². The highest BCUT2D eigenvalue weighted by atomic mass is 16.6. The smallest absolute Gasteiger partial charge is 0.313 e. The van der Waals surface area contributed by atoms with Gasteiger partial charge in [-0.15, -0.1) is 0 Å². The molecular formula is C14H17NO6. The fourth-order valence-electron chi connectivity index (χ4n) is 1.76. The standard InChI is InChI=1S/C14H17NO6/c1-3-20-13-6-5-10(8-12(13)15(18)19)7-11(16)9-14(17)21-4-2/h5-6,8H,3-4,7,9H2,1-2H3. The van der Waals surface area contributed by atoms with Gasteiger partial charge in [0.2, 0.25) is 0 Å². The van der Waals surface area contributed by atoms with Gasteiger partial charge >= 0.3 is 11.7 Å². The molecule has 1 aromatic rings. The van der Waals surface area contributed by atoms with E-state index in [4.69, 9.17) is 4.74 Å². The highest BCUT2D eigenvalue weighted by Gasteiger charge is 2.18. The molecule has 1 aromatic carbocycles. The molecule has 0 aromatic heterocycles. The minimum atomic E-state index is -0.595. The summed E-state index contributed by atoms with van der Waals surface area (Å²) in [4.78, 5) is 33.3. The summed E-state index contributed by atoms with van der Waals surface area (Å²) < 4.78 is 9.83. The van der Waals surface area contributed by atoms with Crippen molar-refractivity contribution in [2.24, 2.45) is 0 Å². The maximum Gasteiger partial charge on any atom is 0.313 e. The van der Waals surface area contributed by atoms with Crippen LogP contribution >= 0.6 is 0 Å². The first-order valence-electron chi connectivity index (χ1n) is 6.55. The molecule has 0 aliphatic carbocycles. The molecule has 0 aliphatic rings. The largest absolute Gasteiger partial charge is 0.487 e. The van der Waals surface area contributed by atoms with E-state index in [1.165, 1.54) is 12.1 Å². The van der Waals surface area contributed by atoms with Gasteiger partial charge in [0.05, 0.1) is 18.1 Å². The molecular weight excluding hydrogens is 278 g/mol. The van der Waals surface area contributed by atoms with Crippen LogP contribution in [0.5, 0.6) is 5.75 Å². The molecule has 0 N–H and O–H groups in total. The number of nitro benzene ring substituents is 1. The molecule has 0 spiro atoms. The van der Waals surface area contributed by atoms with Gasteiger partial charge in [-0.3, -0.25) is 19.7 Å². The van der Waals surface area contributed by atoms with Crippen molar-refractivity contribution in [3.8, 4) is 5.75 Å². The molecule has 0 amide bonds. The second-order valence-corrected chi connectivity index (χ2v) is 4.19. The monoisotopic (exact) mass is 295 g/mol. The summed E-state index contributed by atoms with van der Waals surface area (Å²) in [5.74, 6) is -0.793. The SMILES string of the molecule is CCOC(=O)CC(=O)Cc1ccc(OCC)c([N+](=O)[O-])c1. The van der Waals surface area contributed by atoms with Gasteiger partial charge in [0, 0.05) is 12.5 Å². The van der Waals surface area contributed by atoms with Crippen LogP contribution in [0.1, 0.15) is 25.8 Å². The first kappa shape index (κ1) is 16.6. The minimum Gasteiger partial charge on any atom is -0.487 e. The second kappa shape index (κ2) is 7.98. The van der Waals surface area contributed by atoms with Gasteiger partial charge in [-0.1, -0.05) is 6.07 Å². The lowest BCUT2D eigenvalue weighted by Gasteiger charge is -2.06. The van der Waals surface area contributed by atoms with E-state index in [-0.39, 0.29) is 36.7 Å². The van der Waals surface area contributed by atoms with Crippen molar-refractivity contribution in [1.29, 1.82) is 0 Å². The Morgan fingerprint density at radius 1 is 1.24 bits per heavy atom. The van der Waals surface area contributed by atoms with Crippen LogP contribution in [0.15, 0.2) is 18.2 Å². The molecule has 7 heteroatoms. The normalized spacial score (nSPS) is 10.0. The van der Waals surface area contributed by atoms with Crippen LogP contribution in [0.25, 0.3) is 0 Å². The van der Waals surface area contributed by atoms with Crippen LogP contribution in [0, 0.1) is 10.1 Å². The molecule has 0 bridgehead atoms. The van der Waals surface area contributed by atoms with E-state index in [0.29, 0.717) is 12.2 Å². The van der Waals surface area contributed by atoms with Gasteiger partial charge in [-0.2, -0.15) is 0 Å². The summed E-state index contributed by atoms with van der Waals surface area (Å²) in [6.45, 7) is 3.89. The molecule has 114 valence electrons. The van der Waals surface area contributed by atoms with Crippen molar-refractivity contribution >= 4 is 17.4 Å². The average Bonchev–Trinajstić information content (AvgIpc) is 2.40. The number of hydrogen-bond acceptors (Lipinski definition) is 6. The van der Waals surface area contributed by atoms with E-state index in [9.17, 15) is 19.7 Å². The van der Waals surface area contributed by atoms with Gasteiger partial charge in [0.25, 0.3) is 0 Å². The quantitative estimate of drug-likeness (QED) is 0.315. The van der Waals surface area contributed by atoms with Crippen LogP contribution in [0.2, 0.25) is 0 Å². The topological polar surface area (TPSA) is 95.7 Å². The Labute approximate surface area is 122 Å². The molecule has 0 aliphatic heterocycles. The Morgan fingerprint density at radius 3 is 2.52 bits per heavy atom. The van der Waals surface area contributed by atoms with Gasteiger partial charge in [-0.25, -0.2) is 0 Å². The lowest BCUT2D eigenvalue weighted by atomic mass is 10.1. The number of esters is 1. The van der Waals surface area contributed by atoms with E-state index in [1.807, 2.05) is 0 Å². The first-order chi connectivity index (χ1) is 9.97. The number of benzene rings is 1. The Balaban J connectivity index is 2.80. The first-order valence-corrected chi connectivity index (χ1v) is 6.55. The van der Waals surface area contributed by atoms with Crippen molar-refractivity contribution in [3.05, 3.63) is 33.9 Å². The van der Waals surface area contributed by atoms with Crippen molar-refractivity contribution in [2.45, 2.75) is 26.7 Å². The zero-order valence-corrected chi connectivity index (χ0v) is 12.0. The summed E-state index contributed by atoms with van der Waals surface area (Å²) in [7, 11) is 0. The molecule has 21 heavy (non-hydrogen) atoms. The second-order valence-electron chi connectivity index (χ2n) is 4.19. The van der Waals surface area contributed by atoms with Crippen molar-refractivity contribution in [3.63, 3.8) is 0 Å². The zero-order valence-electron chi connectivity index (χ0n) is 12.0. The summed E-state index contributed by atoms with van der Waals surface area (Å²) >= 11 is 0. The average molecular weight is 295 g/mol. The molecule has 0 fully saturated rings. The number of rotatable bonds is 8. The molecule has 0 unspecified atom stereocenters. The molecule has 1 rings (SSSR count). The number of carbonyl (C=O) groups is 2. The maximum absolute atomic E-state index is 11.7. The number of hydrogen-bond donors (Lipinski definition) is 0. The summed E-state index contributed by atoms with van der Waals surface area (Å²) in [6, 6.07) is 4.31. The lowest BCUT2D eigenvalue weighted by Crippen LogP contribution is -2.13. The number of ketones is 1. The van der Waals surface area contributed by atoms with E-state index in [1.54, 1.807) is 19.9 Å². The third-order valence-electron chi connectivity index (χ3n) is 2.57. The number of Topliss-reactive ketones (excluding diaryl/α,β-unsaturated/α-hetero) is 1. The molecule has 0 saturated carbocycles.